The fraction of sp³-hybridized carbons (Fsp3) is 0.143. The van der Waals surface area contributed by atoms with Crippen LogP contribution in [0.4, 0.5) is 0 Å². The van der Waals surface area contributed by atoms with Gasteiger partial charge in [-0.3, -0.25) is 0 Å². The molecular formula is C14H11N3O3. The van der Waals surface area contributed by atoms with Crippen molar-refractivity contribution in [2.45, 2.75) is 6.92 Å². The Labute approximate surface area is 115 Å². The Bertz CT molecular complexity index is 666. The summed E-state index contributed by atoms with van der Waals surface area (Å²) in [5, 5.41) is 12.2. The summed E-state index contributed by atoms with van der Waals surface area (Å²) in [6, 6.07) is 9.03. The van der Waals surface area contributed by atoms with Crippen molar-refractivity contribution in [2.24, 2.45) is 0 Å². The van der Waals surface area contributed by atoms with Crippen LogP contribution in [0.25, 0.3) is 12.2 Å². The molecule has 0 aliphatic rings. The van der Waals surface area contributed by atoms with Crippen molar-refractivity contribution >= 4 is 18.1 Å². The Hall–Kier alpha value is -2.94. The molecule has 0 radical (unpaired) electrons. The summed E-state index contributed by atoms with van der Waals surface area (Å²) in [5.41, 5.74) is 1.46. The molecule has 100 valence electrons. The number of carbonyl (C=O) groups excluding carboxylic acids is 1. The van der Waals surface area contributed by atoms with Gasteiger partial charge in [0.2, 0.25) is 0 Å². The monoisotopic (exact) mass is 269 g/mol. The number of nitriles is 1. The van der Waals surface area contributed by atoms with E-state index in [1.54, 1.807) is 43.3 Å². The molecule has 0 unspecified atom stereocenters. The number of ether oxygens (including phenoxy) is 1. The highest BCUT2D eigenvalue weighted by Gasteiger charge is 2.13. The molecule has 0 aliphatic heterocycles. The molecule has 0 saturated heterocycles. The molecule has 20 heavy (non-hydrogen) atoms. The van der Waals surface area contributed by atoms with Crippen LogP contribution in [0.5, 0.6) is 0 Å². The minimum Gasteiger partial charge on any atom is -0.460 e. The predicted octanol–water partition coefficient (Wildman–Crippen LogP) is 2.29. The smallest absolute Gasteiger partial charge is 0.379 e. The van der Waals surface area contributed by atoms with Gasteiger partial charge in [-0.15, -0.1) is 0 Å². The van der Waals surface area contributed by atoms with Crippen molar-refractivity contribution in [1.29, 1.82) is 5.26 Å². The number of esters is 1. The summed E-state index contributed by atoms with van der Waals surface area (Å²) in [7, 11) is 0. The zero-order chi connectivity index (χ0) is 14.4. The summed E-state index contributed by atoms with van der Waals surface area (Å²) in [6.45, 7) is 1.95. The lowest BCUT2D eigenvalue weighted by Crippen LogP contribution is -2.06. The highest BCUT2D eigenvalue weighted by atomic mass is 16.5. The second-order valence-corrected chi connectivity index (χ2v) is 3.74. The van der Waals surface area contributed by atoms with E-state index in [0.29, 0.717) is 5.56 Å². The zero-order valence-corrected chi connectivity index (χ0v) is 10.7. The van der Waals surface area contributed by atoms with E-state index >= 15 is 0 Å². The second kappa shape index (κ2) is 6.29. The van der Waals surface area contributed by atoms with Gasteiger partial charge in [-0.05, 0) is 35.9 Å². The number of hydrogen-bond donors (Lipinski definition) is 0. The van der Waals surface area contributed by atoms with Gasteiger partial charge < -0.3 is 9.26 Å². The number of carbonyl (C=O) groups is 1. The minimum absolute atomic E-state index is 0.105. The molecule has 6 heteroatoms. The average molecular weight is 269 g/mol. The molecule has 6 nitrogen and oxygen atoms in total. The summed E-state index contributed by atoms with van der Waals surface area (Å²) in [4.78, 5) is 15.2. The third-order valence-electron chi connectivity index (χ3n) is 2.36. The Kier molecular flexibility index (Phi) is 4.24. The van der Waals surface area contributed by atoms with E-state index in [0.717, 1.165) is 5.56 Å². The molecule has 0 saturated carbocycles. The molecule has 0 atom stereocenters. The maximum Gasteiger partial charge on any atom is 0.379 e. The SMILES string of the molecule is CCOC(=O)c1noc(/C=C/c2ccc(C#N)cc2)n1. The Morgan fingerprint density at radius 2 is 2.15 bits per heavy atom. The van der Waals surface area contributed by atoms with E-state index in [9.17, 15) is 4.79 Å². The maximum absolute atomic E-state index is 11.3. The molecule has 0 amide bonds. The molecule has 0 spiro atoms. The number of benzene rings is 1. The van der Waals surface area contributed by atoms with Crippen molar-refractivity contribution in [3.8, 4) is 6.07 Å². The standard InChI is InChI=1S/C14H11N3O3/c1-2-19-14(18)13-16-12(20-17-13)8-7-10-3-5-11(9-15)6-4-10/h3-8H,2H2,1H3/b8-7+. The lowest BCUT2D eigenvalue weighted by Gasteiger charge is -1.93. The first kappa shape index (κ1) is 13.5. The van der Waals surface area contributed by atoms with Gasteiger partial charge in [0.1, 0.15) is 0 Å². The van der Waals surface area contributed by atoms with Gasteiger partial charge in [-0.1, -0.05) is 12.1 Å². The van der Waals surface area contributed by atoms with E-state index in [1.807, 2.05) is 6.07 Å². The van der Waals surface area contributed by atoms with Gasteiger partial charge in [0.25, 0.3) is 11.7 Å². The summed E-state index contributed by atoms with van der Waals surface area (Å²) < 4.78 is 9.65. The Balaban J connectivity index is 2.07. The first-order valence-corrected chi connectivity index (χ1v) is 5.92. The fourth-order valence-electron chi connectivity index (χ4n) is 1.42. The molecule has 0 bridgehead atoms. The van der Waals surface area contributed by atoms with Crippen molar-refractivity contribution in [3.05, 3.63) is 47.1 Å². The number of hydrogen-bond acceptors (Lipinski definition) is 6. The lowest BCUT2D eigenvalue weighted by molar-refractivity contribution is 0.0508. The van der Waals surface area contributed by atoms with Crippen LogP contribution in [0, 0.1) is 11.3 Å². The van der Waals surface area contributed by atoms with Gasteiger partial charge in [-0.2, -0.15) is 10.2 Å². The molecule has 0 aliphatic carbocycles. The minimum atomic E-state index is -0.616. The maximum atomic E-state index is 11.3. The highest BCUT2D eigenvalue weighted by Crippen LogP contribution is 2.08. The number of aromatic nitrogens is 2. The van der Waals surface area contributed by atoms with E-state index in [4.69, 9.17) is 14.5 Å². The number of nitrogens with zero attached hydrogens (tertiary/aromatic N) is 3. The topological polar surface area (TPSA) is 89.0 Å². The van der Waals surface area contributed by atoms with Gasteiger partial charge in [0.05, 0.1) is 18.2 Å². The van der Waals surface area contributed by atoms with E-state index < -0.39 is 5.97 Å². The summed E-state index contributed by atoms with van der Waals surface area (Å²) in [6.07, 6.45) is 3.32. The van der Waals surface area contributed by atoms with Crippen LogP contribution < -0.4 is 0 Å². The third kappa shape index (κ3) is 3.29. The van der Waals surface area contributed by atoms with Crippen LogP contribution in [-0.2, 0) is 4.74 Å². The molecule has 2 rings (SSSR count). The van der Waals surface area contributed by atoms with Gasteiger partial charge in [-0.25, -0.2) is 4.79 Å². The van der Waals surface area contributed by atoms with E-state index in [2.05, 4.69) is 10.1 Å². The Morgan fingerprint density at radius 3 is 2.80 bits per heavy atom. The van der Waals surface area contributed by atoms with Crippen molar-refractivity contribution in [2.75, 3.05) is 6.61 Å². The zero-order valence-electron chi connectivity index (χ0n) is 10.7. The molecule has 1 aromatic carbocycles. The first-order chi connectivity index (χ1) is 9.72. The van der Waals surface area contributed by atoms with Crippen LogP contribution in [0.3, 0.4) is 0 Å². The number of rotatable bonds is 4. The largest absolute Gasteiger partial charge is 0.460 e. The quantitative estimate of drug-likeness (QED) is 0.791. The highest BCUT2D eigenvalue weighted by molar-refractivity contribution is 5.85. The Morgan fingerprint density at radius 1 is 1.40 bits per heavy atom. The summed E-state index contributed by atoms with van der Waals surface area (Å²) >= 11 is 0. The lowest BCUT2D eigenvalue weighted by atomic mass is 10.1. The van der Waals surface area contributed by atoms with Crippen molar-refractivity contribution < 1.29 is 14.1 Å². The van der Waals surface area contributed by atoms with Crippen LogP contribution in [-0.4, -0.2) is 22.7 Å². The van der Waals surface area contributed by atoms with Gasteiger partial charge >= 0.3 is 5.97 Å². The summed E-state index contributed by atoms with van der Waals surface area (Å²) in [5.74, 6) is -0.516. The van der Waals surface area contributed by atoms with Gasteiger partial charge in [0.15, 0.2) is 0 Å². The average Bonchev–Trinajstić information content (AvgIpc) is 2.95. The normalized spacial score (nSPS) is 10.4. The molecular weight excluding hydrogens is 258 g/mol. The van der Waals surface area contributed by atoms with Crippen LogP contribution in [0.15, 0.2) is 28.8 Å². The fourth-order valence-corrected chi connectivity index (χ4v) is 1.42. The molecule has 1 heterocycles. The van der Waals surface area contributed by atoms with E-state index in [-0.39, 0.29) is 18.3 Å². The predicted molar refractivity (Wildman–Crippen MR) is 70.3 cm³/mol. The third-order valence-corrected chi connectivity index (χ3v) is 2.36. The molecule has 2 aromatic rings. The van der Waals surface area contributed by atoms with Gasteiger partial charge in [0, 0.05) is 6.08 Å². The first-order valence-electron chi connectivity index (χ1n) is 5.92. The van der Waals surface area contributed by atoms with E-state index in [1.165, 1.54) is 0 Å². The molecule has 0 fully saturated rings. The van der Waals surface area contributed by atoms with Crippen molar-refractivity contribution in [3.63, 3.8) is 0 Å². The van der Waals surface area contributed by atoms with Crippen molar-refractivity contribution in [1.82, 2.24) is 10.1 Å². The second-order valence-electron chi connectivity index (χ2n) is 3.74. The van der Waals surface area contributed by atoms with Crippen LogP contribution in [0.1, 0.15) is 34.6 Å². The molecule has 0 N–H and O–H groups in total. The van der Waals surface area contributed by atoms with Crippen LogP contribution >= 0.6 is 0 Å². The van der Waals surface area contributed by atoms with Crippen LogP contribution in [0.2, 0.25) is 0 Å². The molecule has 1 aromatic heterocycles.